The number of carbonyl (C=O) groups excluding carboxylic acids is 1. The van der Waals surface area contributed by atoms with Crippen molar-refractivity contribution in [3.8, 4) is 0 Å². The fraction of sp³-hybridized carbons (Fsp3) is 0.412. The molecule has 1 unspecified atom stereocenters. The van der Waals surface area contributed by atoms with Gasteiger partial charge in [-0.25, -0.2) is 4.98 Å². The van der Waals surface area contributed by atoms with Crippen LogP contribution in [-0.2, 0) is 11.8 Å². The summed E-state index contributed by atoms with van der Waals surface area (Å²) in [5, 5.41) is 11.0. The molecule has 25 heavy (non-hydrogen) atoms. The van der Waals surface area contributed by atoms with E-state index in [1.165, 1.54) is 0 Å². The predicted octanol–water partition coefficient (Wildman–Crippen LogP) is 1.36. The maximum absolute atomic E-state index is 12.8. The van der Waals surface area contributed by atoms with Crippen molar-refractivity contribution in [1.82, 2.24) is 29.5 Å². The molecule has 0 bridgehead atoms. The van der Waals surface area contributed by atoms with Crippen LogP contribution in [0.3, 0.4) is 0 Å². The van der Waals surface area contributed by atoms with Crippen molar-refractivity contribution in [3.63, 3.8) is 0 Å². The SMILES string of the molecule is Cn1ccnc1C(NC(=O)c1ccc2nncn2c1)C1CCOCC1. The first-order valence-electron chi connectivity index (χ1n) is 8.37. The van der Waals surface area contributed by atoms with Crippen LogP contribution in [0, 0.1) is 5.92 Å². The number of nitrogens with zero attached hydrogens (tertiary/aromatic N) is 5. The summed E-state index contributed by atoms with van der Waals surface area (Å²) in [5.74, 6) is 1.04. The molecule has 4 heterocycles. The zero-order valence-electron chi connectivity index (χ0n) is 14.0. The van der Waals surface area contributed by atoms with Gasteiger partial charge in [-0.15, -0.1) is 10.2 Å². The third-order valence-corrected chi connectivity index (χ3v) is 4.71. The molecule has 1 fully saturated rings. The Labute approximate surface area is 144 Å². The monoisotopic (exact) mass is 340 g/mol. The van der Waals surface area contributed by atoms with Gasteiger partial charge in [-0.3, -0.25) is 9.20 Å². The highest BCUT2D eigenvalue weighted by Gasteiger charge is 2.30. The number of carbonyl (C=O) groups is 1. The number of aryl methyl sites for hydroxylation is 1. The topological polar surface area (TPSA) is 86.3 Å². The number of imidazole rings is 1. The zero-order chi connectivity index (χ0) is 17.2. The average Bonchev–Trinajstić information content (AvgIpc) is 3.28. The van der Waals surface area contributed by atoms with Crippen LogP contribution in [0.5, 0.6) is 0 Å². The standard InChI is InChI=1S/C17H20N6O2/c1-22-7-6-18-16(22)15(12-4-8-25-9-5-12)20-17(24)13-2-3-14-21-19-11-23(14)10-13/h2-3,6-7,10-12,15H,4-5,8-9H2,1H3,(H,20,24). The Morgan fingerprint density at radius 3 is 2.96 bits per heavy atom. The average molecular weight is 340 g/mol. The highest BCUT2D eigenvalue weighted by atomic mass is 16.5. The van der Waals surface area contributed by atoms with Crippen molar-refractivity contribution in [1.29, 1.82) is 0 Å². The van der Waals surface area contributed by atoms with Gasteiger partial charge in [0.2, 0.25) is 0 Å². The zero-order valence-corrected chi connectivity index (χ0v) is 14.0. The summed E-state index contributed by atoms with van der Waals surface area (Å²) in [5.41, 5.74) is 1.28. The maximum Gasteiger partial charge on any atom is 0.253 e. The van der Waals surface area contributed by atoms with E-state index in [2.05, 4.69) is 20.5 Å². The van der Waals surface area contributed by atoms with E-state index in [-0.39, 0.29) is 11.9 Å². The van der Waals surface area contributed by atoms with E-state index in [0.717, 1.165) is 18.7 Å². The highest BCUT2D eigenvalue weighted by Crippen LogP contribution is 2.29. The number of amides is 1. The third kappa shape index (κ3) is 3.12. The molecule has 1 aliphatic rings. The first-order valence-corrected chi connectivity index (χ1v) is 8.37. The van der Waals surface area contributed by atoms with Crippen LogP contribution in [-0.4, -0.2) is 43.3 Å². The molecule has 8 nitrogen and oxygen atoms in total. The number of aromatic nitrogens is 5. The van der Waals surface area contributed by atoms with Gasteiger partial charge in [-0.2, -0.15) is 0 Å². The minimum absolute atomic E-state index is 0.130. The molecule has 4 rings (SSSR count). The van der Waals surface area contributed by atoms with E-state index < -0.39 is 0 Å². The Balaban J connectivity index is 1.60. The van der Waals surface area contributed by atoms with Crippen molar-refractivity contribution in [2.24, 2.45) is 13.0 Å². The molecule has 3 aromatic rings. The van der Waals surface area contributed by atoms with Crippen LogP contribution in [0.25, 0.3) is 5.65 Å². The summed E-state index contributed by atoms with van der Waals surface area (Å²) in [7, 11) is 1.95. The van der Waals surface area contributed by atoms with Crippen LogP contribution in [0.4, 0.5) is 0 Å². The van der Waals surface area contributed by atoms with E-state index in [1.54, 1.807) is 35.3 Å². The number of nitrogens with one attached hydrogen (secondary N) is 1. The van der Waals surface area contributed by atoms with Crippen molar-refractivity contribution in [2.45, 2.75) is 18.9 Å². The summed E-state index contributed by atoms with van der Waals surface area (Å²) in [6.07, 6.45) is 8.80. The van der Waals surface area contributed by atoms with Gasteiger partial charge in [0.05, 0.1) is 11.6 Å². The Hall–Kier alpha value is -2.74. The Bertz CT molecular complexity index is 880. The smallest absolute Gasteiger partial charge is 0.253 e. The van der Waals surface area contributed by atoms with Crippen molar-refractivity contribution >= 4 is 11.6 Å². The Kier molecular flexibility index (Phi) is 4.19. The Morgan fingerprint density at radius 2 is 2.20 bits per heavy atom. The van der Waals surface area contributed by atoms with Crippen molar-refractivity contribution in [3.05, 3.63) is 48.4 Å². The van der Waals surface area contributed by atoms with E-state index in [1.807, 2.05) is 17.8 Å². The summed E-state index contributed by atoms with van der Waals surface area (Å²) in [6.45, 7) is 1.43. The second-order valence-corrected chi connectivity index (χ2v) is 6.31. The van der Waals surface area contributed by atoms with Gasteiger partial charge in [0, 0.05) is 38.9 Å². The lowest BCUT2D eigenvalue weighted by atomic mass is 9.91. The first kappa shape index (κ1) is 15.8. The van der Waals surface area contributed by atoms with Crippen LogP contribution >= 0.6 is 0 Å². The van der Waals surface area contributed by atoms with Gasteiger partial charge < -0.3 is 14.6 Å². The van der Waals surface area contributed by atoms with Gasteiger partial charge in [0.1, 0.15) is 12.2 Å². The number of pyridine rings is 1. The summed E-state index contributed by atoms with van der Waals surface area (Å²) in [4.78, 5) is 17.3. The summed E-state index contributed by atoms with van der Waals surface area (Å²) >= 11 is 0. The lowest BCUT2D eigenvalue weighted by Crippen LogP contribution is -2.37. The van der Waals surface area contributed by atoms with Crippen LogP contribution < -0.4 is 5.32 Å². The van der Waals surface area contributed by atoms with Crippen LogP contribution in [0.15, 0.2) is 37.1 Å². The summed E-state index contributed by atoms with van der Waals surface area (Å²) in [6, 6.07) is 3.40. The molecular weight excluding hydrogens is 320 g/mol. The van der Waals surface area contributed by atoms with Crippen LogP contribution in [0.1, 0.15) is 35.1 Å². The molecule has 3 aromatic heterocycles. The van der Waals surface area contributed by atoms with Crippen LogP contribution in [0.2, 0.25) is 0 Å². The first-order chi connectivity index (χ1) is 12.2. The molecule has 0 saturated carbocycles. The number of hydrogen-bond donors (Lipinski definition) is 1. The lowest BCUT2D eigenvalue weighted by molar-refractivity contribution is 0.0499. The molecule has 0 aromatic carbocycles. The van der Waals surface area contributed by atoms with Gasteiger partial charge in [0.15, 0.2) is 5.65 Å². The van der Waals surface area contributed by atoms with Crippen molar-refractivity contribution < 1.29 is 9.53 Å². The number of ether oxygens (including phenoxy) is 1. The minimum Gasteiger partial charge on any atom is -0.381 e. The normalized spacial score (nSPS) is 16.8. The largest absolute Gasteiger partial charge is 0.381 e. The second kappa shape index (κ2) is 6.64. The number of rotatable bonds is 4. The lowest BCUT2D eigenvalue weighted by Gasteiger charge is -2.30. The van der Waals surface area contributed by atoms with E-state index in [9.17, 15) is 4.79 Å². The molecule has 0 aliphatic carbocycles. The van der Waals surface area contributed by atoms with Gasteiger partial charge >= 0.3 is 0 Å². The molecule has 1 aliphatic heterocycles. The summed E-state index contributed by atoms with van der Waals surface area (Å²) < 4.78 is 9.17. The quantitative estimate of drug-likeness (QED) is 0.775. The molecular formula is C17H20N6O2. The Morgan fingerprint density at radius 1 is 1.36 bits per heavy atom. The second-order valence-electron chi connectivity index (χ2n) is 6.31. The van der Waals surface area contributed by atoms with E-state index in [0.29, 0.717) is 30.3 Å². The number of fused-ring (bicyclic) bond motifs is 1. The fourth-order valence-electron chi connectivity index (χ4n) is 3.31. The van der Waals surface area contributed by atoms with E-state index in [4.69, 9.17) is 4.74 Å². The van der Waals surface area contributed by atoms with Gasteiger partial charge in [0.25, 0.3) is 5.91 Å². The molecule has 0 spiro atoms. The predicted molar refractivity (Wildman–Crippen MR) is 89.9 cm³/mol. The van der Waals surface area contributed by atoms with Gasteiger partial charge in [-0.1, -0.05) is 0 Å². The fourth-order valence-corrected chi connectivity index (χ4v) is 3.31. The molecule has 8 heteroatoms. The molecule has 130 valence electrons. The highest BCUT2D eigenvalue weighted by molar-refractivity contribution is 5.94. The molecule has 1 saturated heterocycles. The number of hydrogen-bond acceptors (Lipinski definition) is 5. The third-order valence-electron chi connectivity index (χ3n) is 4.71. The molecule has 1 amide bonds. The molecule has 0 radical (unpaired) electrons. The van der Waals surface area contributed by atoms with Gasteiger partial charge in [-0.05, 0) is 30.9 Å². The van der Waals surface area contributed by atoms with Crippen molar-refractivity contribution in [2.75, 3.05) is 13.2 Å². The molecule has 1 atom stereocenters. The minimum atomic E-state index is -0.145. The molecule has 1 N–H and O–H groups in total. The maximum atomic E-state index is 12.8. The van der Waals surface area contributed by atoms with E-state index >= 15 is 0 Å².